The van der Waals surface area contributed by atoms with Crippen LogP contribution in [0, 0.1) is 0 Å². The number of thioether (sulfide) groups is 1. The average Bonchev–Trinajstić information content (AvgIpc) is 2.49. The predicted octanol–water partition coefficient (Wildman–Crippen LogP) is 4.71. The van der Waals surface area contributed by atoms with Gasteiger partial charge in [0.05, 0.1) is 6.61 Å². The number of carboxylic acid groups (broad SMARTS) is 1. The van der Waals surface area contributed by atoms with Gasteiger partial charge in [-0.25, -0.2) is 4.79 Å². The first-order chi connectivity index (χ1) is 10.2. The lowest BCUT2D eigenvalue weighted by molar-refractivity contribution is 0.0692. The minimum absolute atomic E-state index is 0.205. The molecule has 0 atom stereocenters. The van der Waals surface area contributed by atoms with Gasteiger partial charge in [-0.3, -0.25) is 0 Å². The first kappa shape index (κ1) is 15.9. The van der Waals surface area contributed by atoms with Crippen LogP contribution in [-0.4, -0.2) is 23.4 Å². The summed E-state index contributed by atoms with van der Waals surface area (Å²) in [7, 11) is 0. The Morgan fingerprint density at radius 2 is 1.86 bits per heavy atom. The van der Waals surface area contributed by atoms with Crippen LogP contribution in [0.4, 0.5) is 0 Å². The highest BCUT2D eigenvalue weighted by Gasteiger charge is 2.09. The van der Waals surface area contributed by atoms with Crippen LogP contribution >= 0.6 is 27.7 Å². The molecule has 0 spiro atoms. The molecule has 0 bridgehead atoms. The van der Waals surface area contributed by atoms with Crippen molar-refractivity contribution < 1.29 is 14.6 Å². The number of para-hydroxylation sites is 1. The molecule has 110 valence electrons. The molecule has 5 heteroatoms. The van der Waals surface area contributed by atoms with Crippen molar-refractivity contribution in [2.24, 2.45) is 0 Å². The fourth-order valence-corrected chi connectivity index (χ4v) is 3.25. The van der Waals surface area contributed by atoms with E-state index in [4.69, 9.17) is 9.84 Å². The second kappa shape index (κ2) is 8.10. The number of hydrogen-bond donors (Lipinski definition) is 1. The second-order valence-corrected chi connectivity index (χ2v) is 6.27. The van der Waals surface area contributed by atoms with E-state index in [-0.39, 0.29) is 5.56 Å². The van der Waals surface area contributed by atoms with Crippen molar-refractivity contribution in [3.05, 3.63) is 58.6 Å². The Hall–Kier alpha value is -1.46. The summed E-state index contributed by atoms with van der Waals surface area (Å²) in [5, 5.41) is 9.06. The highest BCUT2D eigenvalue weighted by Crippen LogP contribution is 2.27. The van der Waals surface area contributed by atoms with Crippen LogP contribution in [0.5, 0.6) is 5.75 Å². The van der Waals surface area contributed by atoms with E-state index in [0.29, 0.717) is 12.4 Å². The molecule has 2 rings (SSSR count). The Balaban J connectivity index is 1.78. The maximum atomic E-state index is 11.0. The van der Waals surface area contributed by atoms with Crippen molar-refractivity contribution in [2.45, 2.75) is 11.3 Å². The van der Waals surface area contributed by atoms with Crippen molar-refractivity contribution in [2.75, 3.05) is 12.4 Å². The molecule has 2 aromatic carbocycles. The lowest BCUT2D eigenvalue weighted by Gasteiger charge is -2.09. The van der Waals surface area contributed by atoms with Crippen molar-refractivity contribution >= 4 is 33.7 Å². The third kappa shape index (κ3) is 4.79. The maximum absolute atomic E-state index is 11.0. The average molecular weight is 367 g/mol. The molecular weight excluding hydrogens is 352 g/mol. The van der Waals surface area contributed by atoms with Crippen LogP contribution in [0.25, 0.3) is 0 Å². The minimum atomic E-state index is -0.965. The number of aromatic carboxylic acids is 1. The number of ether oxygens (including phenoxy) is 1. The van der Waals surface area contributed by atoms with Gasteiger partial charge in [0.25, 0.3) is 0 Å². The molecule has 21 heavy (non-hydrogen) atoms. The van der Waals surface area contributed by atoms with Gasteiger partial charge >= 0.3 is 5.97 Å². The number of carboxylic acids is 1. The van der Waals surface area contributed by atoms with Crippen LogP contribution < -0.4 is 4.74 Å². The summed E-state index contributed by atoms with van der Waals surface area (Å²) in [6, 6.07) is 14.8. The highest BCUT2D eigenvalue weighted by molar-refractivity contribution is 9.10. The summed E-state index contributed by atoms with van der Waals surface area (Å²) < 4.78 is 6.65. The lowest BCUT2D eigenvalue weighted by atomic mass is 10.2. The van der Waals surface area contributed by atoms with Gasteiger partial charge < -0.3 is 9.84 Å². The van der Waals surface area contributed by atoms with Crippen molar-refractivity contribution in [3.63, 3.8) is 0 Å². The number of carbonyl (C=O) groups is 1. The molecule has 1 N–H and O–H groups in total. The summed E-state index contributed by atoms with van der Waals surface area (Å²) in [6.45, 7) is 0.502. The first-order valence-corrected chi connectivity index (χ1v) is 8.29. The molecule has 0 saturated carbocycles. The van der Waals surface area contributed by atoms with E-state index in [0.717, 1.165) is 16.6 Å². The Kier molecular flexibility index (Phi) is 6.14. The van der Waals surface area contributed by atoms with Crippen molar-refractivity contribution in [1.82, 2.24) is 0 Å². The van der Waals surface area contributed by atoms with Gasteiger partial charge in [0.15, 0.2) is 0 Å². The molecular formula is C16H15BrO3S. The van der Waals surface area contributed by atoms with Crippen LogP contribution in [0.15, 0.2) is 57.9 Å². The van der Waals surface area contributed by atoms with Crippen molar-refractivity contribution in [3.8, 4) is 5.75 Å². The Morgan fingerprint density at radius 3 is 2.62 bits per heavy atom. The molecule has 3 nitrogen and oxygen atoms in total. The summed E-state index contributed by atoms with van der Waals surface area (Å²) in [5.74, 6) is 0.377. The Bertz CT molecular complexity index is 616. The van der Waals surface area contributed by atoms with Crippen molar-refractivity contribution in [1.29, 1.82) is 0 Å². The first-order valence-electron chi connectivity index (χ1n) is 6.51. The van der Waals surface area contributed by atoms with Gasteiger partial charge in [-0.1, -0.05) is 24.3 Å². The third-order valence-electron chi connectivity index (χ3n) is 2.76. The topological polar surface area (TPSA) is 46.5 Å². The fourth-order valence-electron chi connectivity index (χ4n) is 1.75. The zero-order valence-electron chi connectivity index (χ0n) is 11.3. The number of benzene rings is 2. The Morgan fingerprint density at radius 1 is 1.14 bits per heavy atom. The van der Waals surface area contributed by atoms with E-state index >= 15 is 0 Å². The largest absolute Gasteiger partial charge is 0.493 e. The molecule has 0 aliphatic carbocycles. The van der Waals surface area contributed by atoms with Gasteiger partial charge in [-0.05, 0) is 46.6 Å². The maximum Gasteiger partial charge on any atom is 0.339 e. The van der Waals surface area contributed by atoms with Gasteiger partial charge in [0, 0.05) is 15.1 Å². The lowest BCUT2D eigenvalue weighted by Crippen LogP contribution is -2.04. The van der Waals surface area contributed by atoms with E-state index in [1.54, 1.807) is 36.0 Å². The van der Waals surface area contributed by atoms with Gasteiger partial charge in [-0.15, -0.1) is 11.8 Å². The monoisotopic (exact) mass is 366 g/mol. The zero-order chi connectivity index (χ0) is 15.1. The summed E-state index contributed by atoms with van der Waals surface area (Å²) in [5.41, 5.74) is 0.205. The molecule has 0 aliphatic heterocycles. The van der Waals surface area contributed by atoms with E-state index in [2.05, 4.69) is 22.0 Å². The standard InChI is InChI=1S/C16H15BrO3S/c17-13-7-2-4-9-15(13)21-11-5-10-20-14-8-3-1-6-12(14)16(18)19/h1-4,6-9H,5,10-11H2,(H,18,19). The minimum Gasteiger partial charge on any atom is -0.493 e. The molecule has 0 aromatic heterocycles. The van der Waals surface area contributed by atoms with Gasteiger partial charge in [0.2, 0.25) is 0 Å². The zero-order valence-corrected chi connectivity index (χ0v) is 13.7. The summed E-state index contributed by atoms with van der Waals surface area (Å²) in [4.78, 5) is 12.2. The molecule has 0 fully saturated rings. The van der Waals surface area contributed by atoms with E-state index in [9.17, 15) is 4.79 Å². The molecule has 0 saturated heterocycles. The fraction of sp³-hybridized carbons (Fsp3) is 0.188. The second-order valence-electron chi connectivity index (χ2n) is 4.28. The number of hydrogen-bond acceptors (Lipinski definition) is 3. The van der Waals surface area contributed by atoms with Gasteiger partial charge in [0.1, 0.15) is 11.3 Å². The Labute approximate surface area is 136 Å². The van der Waals surface area contributed by atoms with Crippen LogP contribution in [0.3, 0.4) is 0 Å². The van der Waals surface area contributed by atoms with E-state index in [1.165, 1.54) is 4.90 Å². The molecule has 2 aromatic rings. The predicted molar refractivity (Wildman–Crippen MR) is 88.4 cm³/mol. The smallest absolute Gasteiger partial charge is 0.339 e. The third-order valence-corrected chi connectivity index (χ3v) is 4.87. The molecule has 0 aliphatic rings. The molecule has 0 amide bonds. The molecule has 0 radical (unpaired) electrons. The van der Waals surface area contributed by atoms with Crippen LogP contribution in [0.2, 0.25) is 0 Å². The van der Waals surface area contributed by atoms with Crippen LogP contribution in [-0.2, 0) is 0 Å². The quantitative estimate of drug-likeness (QED) is 0.569. The van der Waals surface area contributed by atoms with Crippen LogP contribution in [0.1, 0.15) is 16.8 Å². The number of halogens is 1. The summed E-state index contributed by atoms with van der Waals surface area (Å²) >= 11 is 5.26. The van der Waals surface area contributed by atoms with Gasteiger partial charge in [-0.2, -0.15) is 0 Å². The molecule has 0 heterocycles. The summed E-state index contributed by atoms with van der Waals surface area (Å²) in [6.07, 6.45) is 0.847. The highest BCUT2D eigenvalue weighted by atomic mass is 79.9. The van der Waals surface area contributed by atoms with E-state index in [1.807, 2.05) is 18.2 Å². The SMILES string of the molecule is O=C(O)c1ccccc1OCCCSc1ccccc1Br. The number of rotatable bonds is 7. The normalized spacial score (nSPS) is 10.3. The van der Waals surface area contributed by atoms with E-state index < -0.39 is 5.97 Å². The molecule has 0 unspecified atom stereocenters.